The lowest BCUT2D eigenvalue weighted by Gasteiger charge is -2.31. The minimum atomic E-state index is 0.255. The second-order valence-corrected chi connectivity index (χ2v) is 5.58. The lowest BCUT2D eigenvalue weighted by Crippen LogP contribution is -2.25. The van der Waals surface area contributed by atoms with Gasteiger partial charge in [-0.3, -0.25) is 0 Å². The molecule has 2 unspecified atom stereocenters. The van der Waals surface area contributed by atoms with Crippen LogP contribution in [-0.2, 0) is 6.42 Å². The summed E-state index contributed by atoms with van der Waals surface area (Å²) in [6.07, 6.45) is 1.96. The van der Waals surface area contributed by atoms with Crippen molar-refractivity contribution < 1.29 is 0 Å². The summed E-state index contributed by atoms with van der Waals surface area (Å²) in [6, 6.07) is 6.37. The molecule has 19 heavy (non-hydrogen) atoms. The Bertz CT molecular complexity index is 620. The highest BCUT2D eigenvalue weighted by atomic mass is 35.5. The van der Waals surface area contributed by atoms with Gasteiger partial charge in [-0.1, -0.05) is 23.7 Å². The summed E-state index contributed by atoms with van der Waals surface area (Å²) in [6.45, 7) is 4.25. The van der Waals surface area contributed by atoms with Crippen LogP contribution in [0.3, 0.4) is 0 Å². The maximum Gasteiger partial charge on any atom is 0.239 e. The van der Waals surface area contributed by atoms with Gasteiger partial charge in [-0.2, -0.15) is 4.98 Å². The monoisotopic (exact) mass is 276 g/mol. The van der Waals surface area contributed by atoms with Gasteiger partial charge in [0.05, 0.1) is 6.04 Å². The van der Waals surface area contributed by atoms with Crippen molar-refractivity contribution in [2.75, 3.05) is 5.73 Å². The molecule has 0 aliphatic carbocycles. The molecule has 0 bridgehead atoms. The zero-order chi connectivity index (χ0) is 13.6. The van der Waals surface area contributed by atoms with E-state index in [0.717, 1.165) is 29.3 Å². The predicted octanol–water partition coefficient (Wildman–Crippen LogP) is 3.11. The van der Waals surface area contributed by atoms with Crippen molar-refractivity contribution >= 4 is 17.5 Å². The van der Waals surface area contributed by atoms with E-state index >= 15 is 0 Å². The number of benzene rings is 1. The molecule has 0 saturated carbocycles. The average molecular weight is 277 g/mol. The van der Waals surface area contributed by atoms with Crippen molar-refractivity contribution in [2.45, 2.75) is 38.6 Å². The topological polar surface area (TPSA) is 56.7 Å². The lowest BCUT2D eigenvalue weighted by molar-refractivity contribution is 0.338. The normalized spacial score (nSPS) is 22.3. The predicted molar refractivity (Wildman–Crippen MR) is 76.4 cm³/mol. The molecule has 0 saturated heterocycles. The van der Waals surface area contributed by atoms with E-state index in [1.165, 1.54) is 5.56 Å². The summed E-state index contributed by atoms with van der Waals surface area (Å²) in [7, 11) is 0. The molecule has 1 aliphatic heterocycles. The molecule has 1 aromatic carbocycles. The number of nitrogens with zero attached hydrogens (tertiary/aromatic N) is 3. The van der Waals surface area contributed by atoms with Gasteiger partial charge in [-0.05, 0) is 37.5 Å². The molecule has 0 amide bonds. The van der Waals surface area contributed by atoms with Gasteiger partial charge in [0.25, 0.3) is 0 Å². The number of hydrogen-bond donors (Lipinski definition) is 1. The van der Waals surface area contributed by atoms with E-state index in [9.17, 15) is 0 Å². The van der Waals surface area contributed by atoms with Crippen molar-refractivity contribution in [3.8, 4) is 0 Å². The molecule has 0 radical (unpaired) electrons. The van der Waals surface area contributed by atoms with Crippen molar-refractivity contribution in [1.29, 1.82) is 0 Å². The Labute approximate surface area is 117 Å². The number of anilines is 1. The number of fused-ring (bicyclic) bond motifs is 1. The molecule has 3 rings (SSSR count). The van der Waals surface area contributed by atoms with Crippen LogP contribution < -0.4 is 5.73 Å². The zero-order valence-electron chi connectivity index (χ0n) is 11.1. The van der Waals surface area contributed by atoms with Crippen LogP contribution in [0.25, 0.3) is 0 Å². The number of nitrogens with two attached hydrogens (primary N) is 1. The molecular weight excluding hydrogens is 260 g/mol. The summed E-state index contributed by atoms with van der Waals surface area (Å²) >= 11 is 6.23. The fourth-order valence-corrected chi connectivity index (χ4v) is 3.19. The second-order valence-electron chi connectivity index (χ2n) is 5.17. The summed E-state index contributed by atoms with van der Waals surface area (Å²) in [4.78, 5) is 4.27. The van der Waals surface area contributed by atoms with Gasteiger partial charge in [0.15, 0.2) is 0 Å². The van der Waals surface area contributed by atoms with Gasteiger partial charge in [-0.25, -0.2) is 4.68 Å². The molecule has 0 fully saturated rings. The molecule has 5 heteroatoms. The Morgan fingerprint density at radius 2 is 2.21 bits per heavy atom. The Balaban J connectivity index is 2.02. The van der Waals surface area contributed by atoms with Gasteiger partial charge < -0.3 is 5.73 Å². The van der Waals surface area contributed by atoms with Crippen LogP contribution in [0.1, 0.15) is 42.3 Å². The Morgan fingerprint density at radius 3 is 3.00 bits per heavy atom. The van der Waals surface area contributed by atoms with Crippen LogP contribution in [0.5, 0.6) is 0 Å². The molecule has 1 aromatic heterocycles. The van der Waals surface area contributed by atoms with Crippen LogP contribution in [0, 0.1) is 6.92 Å². The standard InChI is InChI=1S/C14H17ClN4/c1-8-10(4-3-5-12(8)15)11-6-7-13-17-14(16)18-19(13)9(11)2/h3-5,9,11H,6-7H2,1-2H3,(H2,16,18). The number of nitrogen functional groups attached to an aromatic ring is 1. The van der Waals surface area contributed by atoms with Crippen molar-refractivity contribution in [3.05, 3.63) is 40.2 Å². The Kier molecular flexibility index (Phi) is 2.97. The first kappa shape index (κ1) is 12.5. The number of aryl methyl sites for hydroxylation is 1. The second kappa shape index (κ2) is 4.53. The van der Waals surface area contributed by atoms with Crippen LogP contribution in [0.4, 0.5) is 5.95 Å². The number of rotatable bonds is 1. The molecule has 2 atom stereocenters. The van der Waals surface area contributed by atoms with Gasteiger partial charge in [0.1, 0.15) is 5.82 Å². The highest BCUT2D eigenvalue weighted by molar-refractivity contribution is 6.31. The first-order chi connectivity index (χ1) is 9.08. The Hall–Kier alpha value is -1.55. The maximum absolute atomic E-state index is 6.23. The zero-order valence-corrected chi connectivity index (χ0v) is 11.9. The van der Waals surface area contributed by atoms with E-state index in [4.69, 9.17) is 17.3 Å². The van der Waals surface area contributed by atoms with Crippen LogP contribution >= 0.6 is 11.6 Å². The molecule has 100 valence electrons. The van der Waals surface area contributed by atoms with E-state index < -0.39 is 0 Å². The number of halogens is 1. The van der Waals surface area contributed by atoms with E-state index in [1.807, 2.05) is 16.8 Å². The van der Waals surface area contributed by atoms with Crippen LogP contribution in [0.15, 0.2) is 18.2 Å². The van der Waals surface area contributed by atoms with E-state index in [-0.39, 0.29) is 6.04 Å². The molecule has 2 N–H and O–H groups in total. The first-order valence-electron chi connectivity index (χ1n) is 6.54. The summed E-state index contributed by atoms with van der Waals surface area (Å²) < 4.78 is 1.96. The minimum Gasteiger partial charge on any atom is -0.366 e. The first-order valence-corrected chi connectivity index (χ1v) is 6.91. The van der Waals surface area contributed by atoms with Crippen molar-refractivity contribution in [1.82, 2.24) is 14.8 Å². The molecule has 2 aromatic rings. The van der Waals surface area contributed by atoms with Crippen LogP contribution in [-0.4, -0.2) is 14.8 Å². The van der Waals surface area contributed by atoms with Gasteiger partial charge >= 0.3 is 0 Å². The SMILES string of the molecule is Cc1c(Cl)cccc1C1CCc2nc(N)nn2C1C. The fourth-order valence-electron chi connectivity index (χ4n) is 3.01. The number of aromatic nitrogens is 3. The smallest absolute Gasteiger partial charge is 0.239 e. The lowest BCUT2D eigenvalue weighted by atomic mass is 9.83. The maximum atomic E-state index is 6.23. The molecule has 0 spiro atoms. The third kappa shape index (κ3) is 2.00. The molecule has 4 nitrogen and oxygen atoms in total. The third-order valence-corrected chi connectivity index (χ3v) is 4.48. The summed E-state index contributed by atoms with van der Waals surface area (Å²) in [5.41, 5.74) is 8.16. The highest BCUT2D eigenvalue weighted by Gasteiger charge is 2.30. The average Bonchev–Trinajstić information content (AvgIpc) is 2.76. The van der Waals surface area contributed by atoms with Crippen LogP contribution in [0.2, 0.25) is 5.02 Å². The van der Waals surface area contributed by atoms with Gasteiger partial charge in [-0.15, -0.1) is 5.10 Å². The van der Waals surface area contributed by atoms with E-state index in [2.05, 4.69) is 30.0 Å². The third-order valence-electron chi connectivity index (χ3n) is 4.07. The Morgan fingerprint density at radius 1 is 1.42 bits per heavy atom. The largest absolute Gasteiger partial charge is 0.366 e. The number of hydrogen-bond acceptors (Lipinski definition) is 3. The highest BCUT2D eigenvalue weighted by Crippen LogP contribution is 2.39. The van der Waals surface area contributed by atoms with Crippen molar-refractivity contribution in [2.24, 2.45) is 0 Å². The quantitative estimate of drug-likeness (QED) is 0.871. The molecule has 1 aliphatic rings. The summed E-state index contributed by atoms with van der Waals surface area (Å²) in [5.74, 6) is 1.76. The molecule has 2 heterocycles. The summed E-state index contributed by atoms with van der Waals surface area (Å²) in [5, 5.41) is 5.14. The van der Waals surface area contributed by atoms with E-state index in [1.54, 1.807) is 0 Å². The van der Waals surface area contributed by atoms with Gasteiger partial charge in [0, 0.05) is 17.4 Å². The van der Waals surface area contributed by atoms with E-state index in [0.29, 0.717) is 11.9 Å². The van der Waals surface area contributed by atoms with Crippen molar-refractivity contribution in [3.63, 3.8) is 0 Å². The molecular formula is C14H17ClN4. The fraction of sp³-hybridized carbons (Fsp3) is 0.429. The minimum absolute atomic E-state index is 0.255. The van der Waals surface area contributed by atoms with Gasteiger partial charge in [0.2, 0.25) is 5.95 Å².